The zero-order valence-electron chi connectivity index (χ0n) is 14.2. The zero-order chi connectivity index (χ0) is 19.1. The zero-order valence-corrected chi connectivity index (χ0v) is 14.2. The maximum absolute atomic E-state index is 11.4. The van der Waals surface area contributed by atoms with Crippen LogP contribution in [-0.2, 0) is 14.3 Å². The second-order valence-corrected chi connectivity index (χ2v) is 6.19. The molecule has 0 amide bonds. The molecular formula is C16H20N4O6. The van der Waals surface area contributed by atoms with Gasteiger partial charge in [0, 0.05) is 17.8 Å². The number of hydrogen-bond acceptors (Lipinski definition) is 9. The van der Waals surface area contributed by atoms with E-state index >= 15 is 0 Å². The minimum atomic E-state index is -1.69. The maximum atomic E-state index is 11.4. The van der Waals surface area contributed by atoms with Gasteiger partial charge in [0.25, 0.3) is 0 Å². The highest BCUT2D eigenvalue weighted by molar-refractivity contribution is 5.97. The highest BCUT2D eigenvalue weighted by Gasteiger charge is 2.53. The fraction of sp³-hybridized carbons (Fsp3) is 0.438. The molecule has 3 heterocycles. The van der Waals surface area contributed by atoms with Gasteiger partial charge in [-0.3, -0.25) is 0 Å². The van der Waals surface area contributed by atoms with Crippen molar-refractivity contribution in [1.29, 1.82) is 0 Å². The number of ether oxygens (including phenoxy) is 2. The van der Waals surface area contributed by atoms with E-state index in [1.807, 2.05) is 0 Å². The molecule has 0 radical (unpaired) electrons. The van der Waals surface area contributed by atoms with Gasteiger partial charge in [-0.1, -0.05) is 0 Å². The second-order valence-electron chi connectivity index (χ2n) is 6.19. The number of nitrogens with zero attached hydrogens (tertiary/aromatic N) is 3. The summed E-state index contributed by atoms with van der Waals surface area (Å²) in [7, 11) is 1.26. The number of carbonyl (C=O) groups is 1. The summed E-state index contributed by atoms with van der Waals surface area (Å²) in [5.74, 6) is -0.378. The van der Waals surface area contributed by atoms with Gasteiger partial charge < -0.3 is 35.1 Å². The van der Waals surface area contributed by atoms with Crippen molar-refractivity contribution >= 4 is 28.9 Å². The summed E-state index contributed by atoms with van der Waals surface area (Å²) in [6.07, 6.45) is 2.22. The van der Waals surface area contributed by atoms with Crippen LogP contribution in [0.2, 0.25) is 0 Å². The number of rotatable bonds is 4. The molecule has 1 aliphatic rings. The Balaban J connectivity index is 2.14. The Morgan fingerprint density at radius 1 is 1.54 bits per heavy atom. The van der Waals surface area contributed by atoms with Crippen LogP contribution in [0.4, 0.5) is 5.82 Å². The lowest BCUT2D eigenvalue weighted by Crippen LogP contribution is -2.44. The van der Waals surface area contributed by atoms with Crippen molar-refractivity contribution in [2.75, 3.05) is 19.5 Å². The van der Waals surface area contributed by atoms with Crippen molar-refractivity contribution in [2.45, 2.75) is 31.0 Å². The van der Waals surface area contributed by atoms with Crippen LogP contribution in [0.5, 0.6) is 0 Å². The van der Waals surface area contributed by atoms with Crippen molar-refractivity contribution in [2.24, 2.45) is 0 Å². The molecule has 0 aliphatic carbocycles. The van der Waals surface area contributed by atoms with E-state index in [2.05, 4.69) is 14.7 Å². The predicted octanol–water partition coefficient (Wildman–Crippen LogP) is -0.799. The van der Waals surface area contributed by atoms with Crippen LogP contribution in [0.25, 0.3) is 17.1 Å². The number of esters is 1. The summed E-state index contributed by atoms with van der Waals surface area (Å²) < 4.78 is 11.7. The molecule has 26 heavy (non-hydrogen) atoms. The Labute approximate surface area is 148 Å². The van der Waals surface area contributed by atoms with Gasteiger partial charge in [0.05, 0.1) is 19.1 Å². The highest BCUT2D eigenvalue weighted by atomic mass is 16.6. The van der Waals surface area contributed by atoms with E-state index in [0.29, 0.717) is 16.6 Å². The largest absolute Gasteiger partial charge is 0.466 e. The van der Waals surface area contributed by atoms with Gasteiger partial charge >= 0.3 is 5.97 Å². The third kappa shape index (κ3) is 2.82. The van der Waals surface area contributed by atoms with Gasteiger partial charge in [0.1, 0.15) is 35.6 Å². The number of aliphatic hydroxyl groups is 3. The third-order valence-electron chi connectivity index (χ3n) is 4.46. The van der Waals surface area contributed by atoms with Gasteiger partial charge in [0.2, 0.25) is 0 Å². The van der Waals surface area contributed by atoms with Gasteiger partial charge in [-0.05, 0) is 13.0 Å². The summed E-state index contributed by atoms with van der Waals surface area (Å²) in [5, 5.41) is 30.7. The normalized spacial score (nSPS) is 28.9. The van der Waals surface area contributed by atoms with E-state index in [1.54, 1.807) is 6.20 Å². The molecule has 10 heteroatoms. The molecule has 0 bridgehead atoms. The molecule has 5 N–H and O–H groups in total. The van der Waals surface area contributed by atoms with Crippen LogP contribution < -0.4 is 5.73 Å². The van der Waals surface area contributed by atoms with E-state index in [-0.39, 0.29) is 5.82 Å². The van der Waals surface area contributed by atoms with Crippen LogP contribution in [0.1, 0.15) is 18.7 Å². The molecule has 2 aromatic heterocycles. The molecule has 0 saturated carbocycles. The monoisotopic (exact) mass is 364 g/mol. The Bertz CT molecular complexity index is 862. The molecule has 0 unspecified atom stereocenters. The van der Waals surface area contributed by atoms with Crippen molar-refractivity contribution in [3.05, 3.63) is 24.2 Å². The van der Waals surface area contributed by atoms with E-state index in [9.17, 15) is 20.1 Å². The molecule has 1 saturated heterocycles. The molecule has 10 nitrogen and oxygen atoms in total. The fourth-order valence-electron chi connectivity index (χ4n) is 3.06. The minimum absolute atomic E-state index is 0.176. The molecule has 0 spiro atoms. The average molecular weight is 364 g/mol. The van der Waals surface area contributed by atoms with Crippen LogP contribution in [0, 0.1) is 0 Å². The topological polar surface area (TPSA) is 153 Å². The van der Waals surface area contributed by atoms with Gasteiger partial charge in [-0.2, -0.15) is 0 Å². The Morgan fingerprint density at radius 2 is 2.27 bits per heavy atom. The summed E-state index contributed by atoms with van der Waals surface area (Å²) in [5.41, 5.74) is 5.11. The van der Waals surface area contributed by atoms with E-state index in [0.717, 1.165) is 0 Å². The predicted molar refractivity (Wildman–Crippen MR) is 90.6 cm³/mol. The Morgan fingerprint density at radius 3 is 2.88 bits per heavy atom. The molecule has 1 fully saturated rings. The summed E-state index contributed by atoms with van der Waals surface area (Å²) >= 11 is 0. The van der Waals surface area contributed by atoms with Crippen LogP contribution >= 0.6 is 0 Å². The number of hydrogen-bond donors (Lipinski definition) is 4. The highest BCUT2D eigenvalue weighted by Crippen LogP contribution is 2.41. The first-order chi connectivity index (χ1) is 12.3. The van der Waals surface area contributed by atoms with Crippen LogP contribution in [-0.4, -0.2) is 67.3 Å². The molecule has 140 valence electrons. The Hall–Kier alpha value is -2.53. The van der Waals surface area contributed by atoms with Crippen LogP contribution in [0.15, 0.2) is 18.6 Å². The smallest absolute Gasteiger partial charge is 0.330 e. The quantitative estimate of drug-likeness (QED) is 0.403. The maximum Gasteiger partial charge on any atom is 0.330 e. The molecule has 3 rings (SSSR count). The lowest BCUT2D eigenvalue weighted by Gasteiger charge is -2.27. The fourth-order valence-corrected chi connectivity index (χ4v) is 3.06. The van der Waals surface area contributed by atoms with E-state index in [1.165, 1.54) is 37.1 Å². The third-order valence-corrected chi connectivity index (χ3v) is 4.46. The first-order valence-electron chi connectivity index (χ1n) is 7.85. The van der Waals surface area contributed by atoms with E-state index in [4.69, 9.17) is 10.5 Å². The lowest BCUT2D eigenvalue weighted by molar-refractivity contribution is -0.134. The lowest BCUT2D eigenvalue weighted by atomic mass is 9.96. The van der Waals surface area contributed by atoms with Gasteiger partial charge in [-0.15, -0.1) is 0 Å². The van der Waals surface area contributed by atoms with Crippen molar-refractivity contribution < 1.29 is 29.6 Å². The van der Waals surface area contributed by atoms with E-state index < -0.39 is 36.6 Å². The van der Waals surface area contributed by atoms with Gasteiger partial charge in [0.15, 0.2) is 6.23 Å². The van der Waals surface area contributed by atoms with Gasteiger partial charge in [-0.25, -0.2) is 14.8 Å². The summed E-state index contributed by atoms with van der Waals surface area (Å²) in [6, 6.07) is 0. The standard InChI is InChI=1S/C16H20N4O6/c1-16(24)12(23)9(6-21)26-15(16)20-5-8(3-4-10(22)25-2)11-13(17)18-7-19-14(11)20/h3-5,7,9,12,15,21,23-24H,6H2,1-2H3,(H2,17,18,19)/b4-3+/t9-,12-,15-,16-/m1/s1. The molecule has 0 aromatic carbocycles. The number of fused-ring (bicyclic) bond motifs is 1. The molecule has 1 aliphatic heterocycles. The SMILES string of the molecule is COC(=O)/C=C/c1cn([C@@H]2O[C@H](CO)[C@@H](O)[C@@]2(C)O)c2ncnc(N)c12. The number of methoxy groups -OCH3 is 1. The molecule has 4 atom stereocenters. The molecule has 2 aromatic rings. The first-order valence-corrected chi connectivity index (χ1v) is 7.85. The Kier molecular flexibility index (Phi) is 4.67. The number of nitrogen functional groups attached to an aromatic ring is 1. The summed E-state index contributed by atoms with van der Waals surface area (Å²) in [6.45, 7) is 0.942. The number of anilines is 1. The minimum Gasteiger partial charge on any atom is -0.466 e. The van der Waals surface area contributed by atoms with Crippen molar-refractivity contribution in [3.8, 4) is 0 Å². The first kappa shape index (κ1) is 18.3. The van der Waals surface area contributed by atoms with Crippen molar-refractivity contribution in [3.63, 3.8) is 0 Å². The molecular weight excluding hydrogens is 344 g/mol. The van der Waals surface area contributed by atoms with Crippen LogP contribution in [0.3, 0.4) is 0 Å². The number of aliphatic hydroxyl groups excluding tert-OH is 2. The average Bonchev–Trinajstić information content (AvgIpc) is 3.09. The second kappa shape index (κ2) is 6.65. The van der Waals surface area contributed by atoms with Crippen molar-refractivity contribution in [1.82, 2.24) is 14.5 Å². The number of aromatic nitrogens is 3. The number of carbonyl (C=O) groups excluding carboxylic acids is 1. The number of nitrogens with two attached hydrogens (primary N) is 1. The summed E-state index contributed by atoms with van der Waals surface area (Å²) in [4.78, 5) is 19.5.